The minimum Gasteiger partial charge on any atom is -0.356 e. The molecule has 0 aromatic heterocycles. The van der Waals surface area contributed by atoms with E-state index < -0.39 is 0 Å². The average molecular weight is 534 g/mol. The Balaban J connectivity index is 0.00000341. The van der Waals surface area contributed by atoms with Gasteiger partial charge in [0.15, 0.2) is 5.96 Å². The van der Waals surface area contributed by atoms with Crippen molar-refractivity contribution >= 4 is 41.8 Å². The van der Waals surface area contributed by atoms with Gasteiger partial charge >= 0.3 is 0 Å². The Kier molecular flexibility index (Phi) is 9.48. The van der Waals surface area contributed by atoms with E-state index in [2.05, 4.69) is 53.7 Å². The van der Waals surface area contributed by atoms with Crippen molar-refractivity contribution in [3.05, 3.63) is 71.3 Å². The molecule has 6 nitrogen and oxygen atoms in total. The molecule has 3 rings (SSSR count). The number of fused-ring (bicyclic) bond motifs is 1. The van der Waals surface area contributed by atoms with Gasteiger partial charge < -0.3 is 10.6 Å². The van der Waals surface area contributed by atoms with Gasteiger partial charge in [0.05, 0.1) is 11.1 Å². The molecular weight excluding hydrogens is 503 g/mol. The van der Waals surface area contributed by atoms with E-state index in [1.807, 2.05) is 6.07 Å². The molecule has 166 valence electrons. The molecule has 1 aliphatic heterocycles. The lowest BCUT2D eigenvalue weighted by molar-refractivity contribution is 0.0652. The predicted octanol–water partition coefficient (Wildman–Crippen LogP) is 4.04. The lowest BCUT2D eigenvalue weighted by Crippen LogP contribution is -2.44. The van der Waals surface area contributed by atoms with Crippen molar-refractivity contribution in [2.45, 2.75) is 38.6 Å². The highest BCUT2D eigenvalue weighted by atomic mass is 127. The number of nitrogens with zero attached hydrogens (tertiary/aromatic N) is 2. The summed E-state index contributed by atoms with van der Waals surface area (Å²) < 4.78 is 0. The largest absolute Gasteiger partial charge is 0.356 e. The number of carbonyl (C=O) groups excluding carboxylic acids is 2. The lowest BCUT2D eigenvalue weighted by atomic mass is 9.94. The SMILES string of the molecule is CN=C(NCCCCN1C(=O)c2ccccc2C1=O)NC(C)C(C)c1ccccc1.I. The first-order valence-corrected chi connectivity index (χ1v) is 10.5. The zero-order valence-electron chi connectivity index (χ0n) is 18.3. The smallest absolute Gasteiger partial charge is 0.261 e. The molecule has 2 amide bonds. The molecule has 0 bridgehead atoms. The van der Waals surface area contributed by atoms with Crippen LogP contribution in [0.3, 0.4) is 0 Å². The lowest BCUT2D eigenvalue weighted by Gasteiger charge is -2.24. The molecule has 0 fully saturated rings. The summed E-state index contributed by atoms with van der Waals surface area (Å²) in [5, 5.41) is 6.77. The number of benzene rings is 2. The van der Waals surface area contributed by atoms with Gasteiger partial charge in [-0.05, 0) is 37.5 Å². The molecule has 2 aromatic rings. The van der Waals surface area contributed by atoms with Gasteiger partial charge in [0.2, 0.25) is 0 Å². The van der Waals surface area contributed by atoms with E-state index in [0.29, 0.717) is 23.6 Å². The second kappa shape index (κ2) is 11.8. The molecule has 0 saturated carbocycles. The molecular formula is C24H31IN4O2. The van der Waals surface area contributed by atoms with E-state index in [0.717, 1.165) is 25.3 Å². The van der Waals surface area contributed by atoms with Crippen molar-refractivity contribution in [1.29, 1.82) is 0 Å². The van der Waals surface area contributed by atoms with Crippen LogP contribution in [0.25, 0.3) is 0 Å². The summed E-state index contributed by atoms with van der Waals surface area (Å²) in [7, 11) is 1.76. The number of aliphatic imine (C=N–C) groups is 1. The predicted molar refractivity (Wildman–Crippen MR) is 135 cm³/mol. The van der Waals surface area contributed by atoms with Crippen LogP contribution < -0.4 is 10.6 Å². The van der Waals surface area contributed by atoms with Crippen LogP contribution in [0.2, 0.25) is 0 Å². The summed E-state index contributed by atoms with van der Waals surface area (Å²) in [6.07, 6.45) is 1.57. The molecule has 2 unspecified atom stereocenters. The molecule has 2 N–H and O–H groups in total. The molecule has 7 heteroatoms. The third-order valence-electron chi connectivity index (χ3n) is 5.64. The van der Waals surface area contributed by atoms with Crippen molar-refractivity contribution in [2.24, 2.45) is 4.99 Å². The van der Waals surface area contributed by atoms with Crippen molar-refractivity contribution < 1.29 is 9.59 Å². The van der Waals surface area contributed by atoms with Crippen molar-refractivity contribution in [3.63, 3.8) is 0 Å². The van der Waals surface area contributed by atoms with Gasteiger partial charge in [-0.2, -0.15) is 0 Å². The number of guanidine groups is 1. The summed E-state index contributed by atoms with van der Waals surface area (Å²) in [5.74, 6) is 0.721. The van der Waals surface area contributed by atoms with Gasteiger partial charge in [0, 0.05) is 32.1 Å². The number of halogens is 1. The first-order chi connectivity index (χ1) is 14.5. The van der Waals surface area contributed by atoms with Gasteiger partial charge in [-0.1, -0.05) is 49.4 Å². The maximum absolute atomic E-state index is 12.4. The fourth-order valence-corrected chi connectivity index (χ4v) is 3.62. The Morgan fingerprint density at radius 2 is 1.52 bits per heavy atom. The van der Waals surface area contributed by atoms with E-state index in [4.69, 9.17) is 0 Å². The zero-order chi connectivity index (χ0) is 21.5. The second-order valence-corrected chi connectivity index (χ2v) is 7.65. The number of nitrogens with one attached hydrogen (secondary N) is 2. The van der Waals surface area contributed by atoms with Crippen LogP contribution in [0.1, 0.15) is 58.9 Å². The van der Waals surface area contributed by atoms with Crippen LogP contribution >= 0.6 is 24.0 Å². The Morgan fingerprint density at radius 3 is 2.10 bits per heavy atom. The van der Waals surface area contributed by atoms with Crippen LogP contribution in [0, 0.1) is 0 Å². The summed E-state index contributed by atoms with van der Waals surface area (Å²) >= 11 is 0. The number of hydrogen-bond acceptors (Lipinski definition) is 3. The molecule has 0 spiro atoms. The van der Waals surface area contributed by atoms with Crippen molar-refractivity contribution in [1.82, 2.24) is 15.5 Å². The van der Waals surface area contributed by atoms with Crippen molar-refractivity contribution in [2.75, 3.05) is 20.1 Å². The highest BCUT2D eigenvalue weighted by Gasteiger charge is 2.34. The maximum atomic E-state index is 12.4. The molecule has 2 aromatic carbocycles. The quantitative estimate of drug-likeness (QED) is 0.176. The van der Waals surface area contributed by atoms with Crippen LogP contribution in [-0.4, -0.2) is 48.9 Å². The fourth-order valence-electron chi connectivity index (χ4n) is 3.62. The molecule has 31 heavy (non-hydrogen) atoms. The topological polar surface area (TPSA) is 73.8 Å². The van der Waals surface area contributed by atoms with E-state index in [1.165, 1.54) is 10.5 Å². The summed E-state index contributed by atoms with van der Waals surface area (Å²) in [6.45, 7) is 5.49. The maximum Gasteiger partial charge on any atom is 0.261 e. The Labute approximate surface area is 201 Å². The van der Waals surface area contributed by atoms with E-state index >= 15 is 0 Å². The number of amides is 2. The van der Waals surface area contributed by atoms with Crippen LogP contribution in [0.15, 0.2) is 59.6 Å². The van der Waals surface area contributed by atoms with Crippen LogP contribution in [0.4, 0.5) is 0 Å². The average Bonchev–Trinajstić information content (AvgIpc) is 3.02. The fraction of sp³-hybridized carbons (Fsp3) is 0.375. The Bertz CT molecular complexity index is 882. The molecule has 2 atom stereocenters. The Morgan fingerprint density at radius 1 is 0.935 bits per heavy atom. The van der Waals surface area contributed by atoms with Crippen LogP contribution in [0.5, 0.6) is 0 Å². The number of unbranched alkanes of at least 4 members (excludes halogenated alkanes) is 1. The standard InChI is InChI=1S/C24H30N4O2.HI/c1-17(19-11-5-4-6-12-19)18(2)27-24(25-3)26-15-9-10-16-28-22(29)20-13-7-8-14-21(20)23(28)30;/h4-8,11-14,17-18H,9-10,15-16H2,1-3H3,(H2,25,26,27);1H. The zero-order valence-corrected chi connectivity index (χ0v) is 20.6. The minimum atomic E-state index is -0.190. The molecule has 0 aliphatic carbocycles. The number of imide groups is 1. The molecule has 1 heterocycles. The highest BCUT2D eigenvalue weighted by Crippen LogP contribution is 2.22. The second-order valence-electron chi connectivity index (χ2n) is 7.65. The first-order valence-electron chi connectivity index (χ1n) is 10.5. The third-order valence-corrected chi connectivity index (χ3v) is 5.64. The molecule has 0 saturated heterocycles. The summed E-state index contributed by atoms with van der Waals surface area (Å²) in [5.41, 5.74) is 2.30. The number of carbonyl (C=O) groups is 2. The van der Waals surface area contributed by atoms with Gasteiger partial charge in [-0.25, -0.2) is 0 Å². The van der Waals surface area contributed by atoms with Crippen molar-refractivity contribution in [3.8, 4) is 0 Å². The van der Waals surface area contributed by atoms with Gasteiger partial charge in [0.25, 0.3) is 11.8 Å². The summed E-state index contributed by atoms with van der Waals surface area (Å²) in [4.78, 5) is 30.4. The molecule has 1 aliphatic rings. The minimum absolute atomic E-state index is 0. The Hall–Kier alpha value is -2.42. The first kappa shape index (κ1) is 24.8. The monoisotopic (exact) mass is 534 g/mol. The number of rotatable bonds is 8. The normalized spacial score (nSPS) is 15.2. The number of hydrogen-bond donors (Lipinski definition) is 2. The molecule has 0 radical (unpaired) electrons. The van der Waals surface area contributed by atoms with E-state index in [9.17, 15) is 9.59 Å². The van der Waals surface area contributed by atoms with E-state index in [-0.39, 0.29) is 41.8 Å². The third kappa shape index (κ3) is 6.06. The van der Waals surface area contributed by atoms with Gasteiger partial charge in [-0.15, -0.1) is 24.0 Å². The van der Waals surface area contributed by atoms with Gasteiger partial charge in [-0.3, -0.25) is 19.5 Å². The van der Waals surface area contributed by atoms with Gasteiger partial charge in [0.1, 0.15) is 0 Å². The van der Waals surface area contributed by atoms with Crippen LogP contribution in [-0.2, 0) is 0 Å². The highest BCUT2D eigenvalue weighted by molar-refractivity contribution is 14.0. The van der Waals surface area contributed by atoms with E-state index in [1.54, 1.807) is 31.3 Å². The summed E-state index contributed by atoms with van der Waals surface area (Å²) in [6, 6.07) is 17.6.